The summed E-state index contributed by atoms with van der Waals surface area (Å²) < 4.78 is 1.97. The van der Waals surface area contributed by atoms with Crippen LogP contribution in [-0.2, 0) is 13.6 Å². The predicted octanol–water partition coefficient (Wildman–Crippen LogP) is 3.10. The van der Waals surface area contributed by atoms with Gasteiger partial charge in [-0.05, 0) is 38.8 Å². The molecule has 0 aliphatic rings. The molecular weight excluding hydrogens is 465 g/mol. The third-order valence-electron chi connectivity index (χ3n) is 4.72. The van der Waals surface area contributed by atoms with Gasteiger partial charge in [0, 0.05) is 38.9 Å². The summed E-state index contributed by atoms with van der Waals surface area (Å²) in [7, 11) is 4.09. The van der Waals surface area contributed by atoms with Crippen LogP contribution in [0.2, 0.25) is 0 Å². The molecule has 0 saturated carbocycles. The molecule has 2 aromatic rings. The van der Waals surface area contributed by atoms with Crippen molar-refractivity contribution in [2.24, 2.45) is 12.0 Å². The molecule has 1 heterocycles. The fraction of sp³-hybridized carbons (Fsp3) is 0.550. The highest BCUT2D eigenvalue weighted by atomic mass is 127. The Morgan fingerprint density at radius 1 is 1.25 bits per heavy atom. The van der Waals surface area contributed by atoms with Crippen LogP contribution in [0, 0.1) is 6.92 Å². The number of para-hydroxylation sites is 1. The molecule has 1 atom stereocenters. The summed E-state index contributed by atoms with van der Waals surface area (Å²) in [4.78, 5) is 6.96. The molecule has 0 amide bonds. The van der Waals surface area contributed by atoms with Crippen molar-refractivity contribution >= 4 is 35.6 Å². The van der Waals surface area contributed by atoms with Crippen LogP contribution in [-0.4, -0.2) is 46.9 Å². The quantitative estimate of drug-likeness (QED) is 0.240. The van der Waals surface area contributed by atoms with E-state index in [4.69, 9.17) is 0 Å². The minimum absolute atomic E-state index is 0. The van der Waals surface area contributed by atoms with Crippen molar-refractivity contribution in [1.29, 1.82) is 0 Å². The van der Waals surface area contributed by atoms with Gasteiger partial charge < -0.3 is 20.1 Å². The Morgan fingerprint density at radius 2 is 1.96 bits per heavy atom. The Kier molecular flexibility index (Phi) is 10.9. The molecule has 0 aliphatic carbocycles. The molecule has 0 radical (unpaired) electrons. The molecule has 0 aliphatic heterocycles. The summed E-state index contributed by atoms with van der Waals surface area (Å²) in [6.45, 7) is 8.61. The maximum Gasteiger partial charge on any atom is 0.191 e. The molecule has 8 heteroatoms. The molecule has 1 aromatic carbocycles. The number of guanidine groups is 1. The van der Waals surface area contributed by atoms with Gasteiger partial charge in [-0.1, -0.05) is 25.1 Å². The van der Waals surface area contributed by atoms with Crippen LogP contribution in [0.25, 0.3) is 0 Å². The molecule has 7 nitrogen and oxygen atoms in total. The van der Waals surface area contributed by atoms with Gasteiger partial charge in [0.25, 0.3) is 0 Å². The number of halogens is 1. The Bertz CT molecular complexity index is 715. The van der Waals surface area contributed by atoms with Gasteiger partial charge in [0.2, 0.25) is 0 Å². The third-order valence-corrected chi connectivity index (χ3v) is 4.72. The Morgan fingerprint density at radius 3 is 2.57 bits per heavy atom. The van der Waals surface area contributed by atoms with Gasteiger partial charge >= 0.3 is 0 Å². The SMILES string of the molecule is CCC(C)NC(=NCc1nnc(C)n1C)NCCCN(C)c1ccccc1.I. The van der Waals surface area contributed by atoms with E-state index in [1.165, 1.54) is 5.69 Å². The molecular formula is C20H34IN7. The van der Waals surface area contributed by atoms with Gasteiger partial charge in [0.05, 0.1) is 0 Å². The lowest BCUT2D eigenvalue weighted by Crippen LogP contribution is -2.43. The molecule has 0 bridgehead atoms. The van der Waals surface area contributed by atoms with Crippen molar-refractivity contribution in [2.45, 2.75) is 46.2 Å². The topological polar surface area (TPSA) is 70.4 Å². The van der Waals surface area contributed by atoms with Gasteiger partial charge in [-0.25, -0.2) is 4.99 Å². The summed E-state index contributed by atoms with van der Waals surface area (Å²) in [5, 5.41) is 15.2. The maximum atomic E-state index is 4.69. The Balaban J connectivity index is 0.00000392. The number of nitrogens with one attached hydrogen (secondary N) is 2. The number of rotatable bonds is 9. The first-order valence-corrected chi connectivity index (χ1v) is 9.67. The van der Waals surface area contributed by atoms with E-state index >= 15 is 0 Å². The largest absolute Gasteiger partial charge is 0.375 e. The van der Waals surface area contributed by atoms with Gasteiger partial charge in [0.15, 0.2) is 11.8 Å². The lowest BCUT2D eigenvalue weighted by Gasteiger charge is -2.20. The van der Waals surface area contributed by atoms with Gasteiger partial charge in [-0.15, -0.1) is 34.2 Å². The van der Waals surface area contributed by atoms with Crippen molar-refractivity contribution in [3.8, 4) is 0 Å². The van der Waals surface area contributed by atoms with Crippen LogP contribution in [0.1, 0.15) is 38.3 Å². The van der Waals surface area contributed by atoms with E-state index in [0.717, 1.165) is 43.5 Å². The Hall–Kier alpha value is -1.84. The fourth-order valence-electron chi connectivity index (χ4n) is 2.56. The first kappa shape index (κ1) is 24.2. The van der Waals surface area contributed by atoms with Crippen molar-refractivity contribution in [2.75, 3.05) is 25.0 Å². The zero-order valence-electron chi connectivity index (χ0n) is 17.6. The number of hydrogen-bond donors (Lipinski definition) is 2. The van der Waals surface area contributed by atoms with E-state index in [-0.39, 0.29) is 24.0 Å². The first-order valence-electron chi connectivity index (χ1n) is 9.67. The minimum Gasteiger partial charge on any atom is -0.375 e. The summed E-state index contributed by atoms with van der Waals surface area (Å²) in [5.41, 5.74) is 1.24. The van der Waals surface area contributed by atoms with Crippen molar-refractivity contribution in [3.05, 3.63) is 42.0 Å². The average Bonchev–Trinajstić information content (AvgIpc) is 3.01. The second-order valence-electron chi connectivity index (χ2n) is 6.88. The highest BCUT2D eigenvalue weighted by Gasteiger charge is 2.07. The van der Waals surface area contributed by atoms with E-state index in [2.05, 4.69) is 75.9 Å². The molecule has 0 spiro atoms. The molecule has 0 fully saturated rings. The van der Waals surface area contributed by atoms with Crippen LogP contribution in [0.4, 0.5) is 5.69 Å². The van der Waals surface area contributed by atoms with Gasteiger partial charge in [-0.3, -0.25) is 0 Å². The van der Waals surface area contributed by atoms with Gasteiger partial charge in [0.1, 0.15) is 12.4 Å². The number of anilines is 1. The second kappa shape index (κ2) is 12.6. The molecule has 2 rings (SSSR count). The van der Waals surface area contributed by atoms with Crippen LogP contribution in [0.5, 0.6) is 0 Å². The molecule has 156 valence electrons. The predicted molar refractivity (Wildman–Crippen MR) is 128 cm³/mol. The Labute approximate surface area is 186 Å². The van der Waals surface area contributed by atoms with E-state index in [9.17, 15) is 0 Å². The number of nitrogens with zero attached hydrogens (tertiary/aromatic N) is 5. The van der Waals surface area contributed by atoms with E-state index in [1.807, 2.05) is 24.6 Å². The maximum absolute atomic E-state index is 4.69. The monoisotopic (exact) mass is 499 g/mol. The van der Waals surface area contributed by atoms with E-state index in [1.54, 1.807) is 0 Å². The van der Waals surface area contributed by atoms with Crippen LogP contribution < -0.4 is 15.5 Å². The van der Waals surface area contributed by atoms with Crippen LogP contribution in [0.15, 0.2) is 35.3 Å². The van der Waals surface area contributed by atoms with Crippen LogP contribution >= 0.6 is 24.0 Å². The number of aryl methyl sites for hydroxylation is 1. The summed E-state index contributed by atoms with van der Waals surface area (Å²) in [6, 6.07) is 10.8. The number of hydrogen-bond acceptors (Lipinski definition) is 4. The van der Waals surface area contributed by atoms with Crippen LogP contribution in [0.3, 0.4) is 0 Å². The van der Waals surface area contributed by atoms with E-state index < -0.39 is 0 Å². The zero-order chi connectivity index (χ0) is 19.6. The standard InChI is InChI=1S/C20H33N7.HI/c1-6-16(2)23-20(22-15-19-25-24-17(3)27(19)5)21-13-10-14-26(4)18-11-8-7-9-12-18;/h7-9,11-12,16H,6,10,13-15H2,1-5H3,(H2,21,22,23);1H. The number of aliphatic imine (C=N–C) groups is 1. The zero-order valence-corrected chi connectivity index (χ0v) is 20.0. The third kappa shape index (κ3) is 7.65. The van der Waals surface area contributed by atoms with Gasteiger partial charge in [-0.2, -0.15) is 0 Å². The second-order valence-corrected chi connectivity index (χ2v) is 6.88. The number of aromatic nitrogens is 3. The summed E-state index contributed by atoms with van der Waals surface area (Å²) >= 11 is 0. The lowest BCUT2D eigenvalue weighted by molar-refractivity contribution is 0.616. The van der Waals surface area contributed by atoms with Crippen molar-refractivity contribution < 1.29 is 0 Å². The highest BCUT2D eigenvalue weighted by molar-refractivity contribution is 14.0. The molecule has 1 aromatic heterocycles. The lowest BCUT2D eigenvalue weighted by atomic mass is 10.2. The minimum atomic E-state index is 0. The average molecular weight is 499 g/mol. The highest BCUT2D eigenvalue weighted by Crippen LogP contribution is 2.10. The molecule has 28 heavy (non-hydrogen) atoms. The first-order chi connectivity index (χ1) is 13.0. The fourth-order valence-corrected chi connectivity index (χ4v) is 2.56. The normalized spacial score (nSPS) is 12.2. The molecule has 1 unspecified atom stereocenters. The number of benzene rings is 1. The van der Waals surface area contributed by atoms with E-state index in [0.29, 0.717) is 12.6 Å². The summed E-state index contributed by atoms with van der Waals surface area (Å²) in [5.74, 6) is 2.59. The molecule has 0 saturated heterocycles. The summed E-state index contributed by atoms with van der Waals surface area (Å²) in [6.07, 6.45) is 2.07. The molecule has 2 N–H and O–H groups in total. The smallest absolute Gasteiger partial charge is 0.191 e. The van der Waals surface area contributed by atoms with Crippen molar-refractivity contribution in [3.63, 3.8) is 0 Å². The van der Waals surface area contributed by atoms with Crippen molar-refractivity contribution in [1.82, 2.24) is 25.4 Å².